The third kappa shape index (κ3) is 2.11. The molecule has 0 saturated carbocycles. The van der Waals surface area contributed by atoms with Gasteiger partial charge in [0.1, 0.15) is 0 Å². The van der Waals surface area contributed by atoms with E-state index < -0.39 is 11.6 Å². The van der Waals surface area contributed by atoms with Crippen molar-refractivity contribution in [2.24, 2.45) is 0 Å². The molecule has 2 N–H and O–H groups in total. The van der Waals surface area contributed by atoms with Crippen molar-refractivity contribution in [3.8, 4) is 0 Å². The molecule has 90 valence electrons. The van der Waals surface area contributed by atoms with E-state index in [1.54, 1.807) is 0 Å². The molecule has 0 spiro atoms. The Balaban J connectivity index is 2.35. The predicted molar refractivity (Wildman–Crippen MR) is 59.3 cm³/mol. The first-order chi connectivity index (χ1) is 8.13. The standard InChI is InChI=1S/C11H12F2N4/c1-2-9-11(14)15-16-17(9)6-7-4-3-5-8(12)10(7)13/h3-5H,2,6,14H2,1H3. The Morgan fingerprint density at radius 2 is 2.12 bits per heavy atom. The summed E-state index contributed by atoms with van der Waals surface area (Å²) in [6, 6.07) is 4.05. The van der Waals surface area contributed by atoms with Crippen LogP contribution >= 0.6 is 0 Å². The monoisotopic (exact) mass is 238 g/mol. The quantitative estimate of drug-likeness (QED) is 0.886. The van der Waals surface area contributed by atoms with E-state index in [4.69, 9.17) is 5.73 Å². The van der Waals surface area contributed by atoms with E-state index in [0.29, 0.717) is 17.9 Å². The van der Waals surface area contributed by atoms with E-state index in [1.807, 2.05) is 6.92 Å². The van der Waals surface area contributed by atoms with Gasteiger partial charge >= 0.3 is 0 Å². The minimum atomic E-state index is -0.867. The van der Waals surface area contributed by atoms with Gasteiger partial charge in [-0.2, -0.15) is 0 Å². The van der Waals surface area contributed by atoms with Crippen molar-refractivity contribution in [2.75, 3.05) is 5.73 Å². The molecule has 0 aliphatic carbocycles. The van der Waals surface area contributed by atoms with Gasteiger partial charge in [0.05, 0.1) is 12.2 Å². The minimum Gasteiger partial charge on any atom is -0.381 e. The summed E-state index contributed by atoms with van der Waals surface area (Å²) in [6.45, 7) is 2.02. The highest BCUT2D eigenvalue weighted by molar-refractivity contribution is 5.33. The van der Waals surface area contributed by atoms with Crippen molar-refractivity contribution < 1.29 is 8.78 Å². The Labute approximate surface area is 97.0 Å². The number of halogens is 2. The van der Waals surface area contributed by atoms with E-state index in [9.17, 15) is 8.78 Å². The number of rotatable bonds is 3. The molecule has 1 aromatic carbocycles. The fourth-order valence-corrected chi connectivity index (χ4v) is 1.67. The lowest BCUT2D eigenvalue weighted by atomic mass is 10.2. The van der Waals surface area contributed by atoms with Crippen molar-refractivity contribution in [3.63, 3.8) is 0 Å². The fourth-order valence-electron chi connectivity index (χ4n) is 1.67. The summed E-state index contributed by atoms with van der Waals surface area (Å²) in [6.07, 6.45) is 0.635. The summed E-state index contributed by atoms with van der Waals surface area (Å²) in [5.74, 6) is -1.40. The highest BCUT2D eigenvalue weighted by Gasteiger charge is 2.12. The largest absolute Gasteiger partial charge is 0.381 e. The van der Waals surface area contributed by atoms with Gasteiger partial charge in [-0.3, -0.25) is 0 Å². The fraction of sp³-hybridized carbons (Fsp3) is 0.273. The van der Waals surface area contributed by atoms with Gasteiger partial charge in [0.15, 0.2) is 17.5 Å². The SMILES string of the molecule is CCc1c(N)nnn1Cc1cccc(F)c1F. The first-order valence-corrected chi connectivity index (χ1v) is 5.24. The number of aromatic nitrogens is 3. The van der Waals surface area contributed by atoms with Gasteiger partial charge in [-0.05, 0) is 12.5 Å². The lowest BCUT2D eigenvalue weighted by molar-refractivity contribution is 0.488. The maximum atomic E-state index is 13.5. The summed E-state index contributed by atoms with van der Waals surface area (Å²) < 4.78 is 28.0. The number of nitrogens with two attached hydrogens (primary N) is 1. The van der Waals surface area contributed by atoms with Crippen LogP contribution in [0.3, 0.4) is 0 Å². The first-order valence-electron chi connectivity index (χ1n) is 5.24. The molecule has 0 saturated heterocycles. The van der Waals surface area contributed by atoms with Gasteiger partial charge in [-0.1, -0.05) is 24.3 Å². The van der Waals surface area contributed by atoms with Crippen molar-refractivity contribution in [1.29, 1.82) is 0 Å². The van der Waals surface area contributed by atoms with Crippen LogP contribution in [0, 0.1) is 11.6 Å². The third-order valence-corrected chi connectivity index (χ3v) is 2.55. The maximum Gasteiger partial charge on any atom is 0.169 e. The van der Waals surface area contributed by atoms with Crippen LogP contribution in [-0.4, -0.2) is 15.0 Å². The number of hydrogen-bond acceptors (Lipinski definition) is 3. The Hall–Kier alpha value is -1.98. The van der Waals surface area contributed by atoms with Crippen LogP contribution in [0.1, 0.15) is 18.2 Å². The molecule has 1 heterocycles. The number of nitrogens with zero attached hydrogens (tertiary/aromatic N) is 3. The Kier molecular flexibility index (Phi) is 3.03. The third-order valence-electron chi connectivity index (χ3n) is 2.55. The normalized spacial score (nSPS) is 10.8. The van der Waals surface area contributed by atoms with Gasteiger partial charge in [-0.25, -0.2) is 13.5 Å². The van der Waals surface area contributed by atoms with Crippen LogP contribution in [0.4, 0.5) is 14.6 Å². The summed E-state index contributed by atoms with van der Waals surface area (Å²) >= 11 is 0. The van der Waals surface area contributed by atoms with Gasteiger partial charge < -0.3 is 5.73 Å². The average Bonchev–Trinajstić information content (AvgIpc) is 2.66. The second kappa shape index (κ2) is 4.48. The van der Waals surface area contributed by atoms with E-state index in [0.717, 1.165) is 6.07 Å². The molecular formula is C11H12F2N4. The van der Waals surface area contributed by atoms with Crippen molar-refractivity contribution in [1.82, 2.24) is 15.0 Å². The van der Waals surface area contributed by atoms with Crippen molar-refractivity contribution >= 4 is 5.82 Å². The first kappa shape index (κ1) is 11.5. The lowest BCUT2D eigenvalue weighted by Crippen LogP contribution is -2.08. The molecule has 2 rings (SSSR count). The molecule has 17 heavy (non-hydrogen) atoms. The van der Waals surface area contributed by atoms with Crippen LogP contribution < -0.4 is 5.73 Å². The molecule has 2 aromatic rings. The number of anilines is 1. The Morgan fingerprint density at radius 3 is 2.82 bits per heavy atom. The molecule has 1 aromatic heterocycles. The predicted octanol–water partition coefficient (Wildman–Crippen LogP) is 1.75. The Morgan fingerprint density at radius 1 is 1.35 bits per heavy atom. The zero-order chi connectivity index (χ0) is 12.4. The molecule has 0 aliphatic heterocycles. The Bertz CT molecular complexity index is 536. The zero-order valence-electron chi connectivity index (χ0n) is 9.32. The molecule has 0 fully saturated rings. The maximum absolute atomic E-state index is 13.5. The second-order valence-corrected chi connectivity index (χ2v) is 3.65. The smallest absolute Gasteiger partial charge is 0.169 e. The van der Waals surface area contributed by atoms with Gasteiger partial charge in [0.25, 0.3) is 0 Å². The molecule has 6 heteroatoms. The molecule has 0 aliphatic rings. The zero-order valence-corrected chi connectivity index (χ0v) is 9.32. The highest BCUT2D eigenvalue weighted by atomic mass is 19.2. The molecule has 0 atom stereocenters. The lowest BCUT2D eigenvalue weighted by Gasteiger charge is -2.06. The van der Waals surface area contributed by atoms with Gasteiger partial charge in [0.2, 0.25) is 0 Å². The summed E-state index contributed by atoms with van der Waals surface area (Å²) in [5.41, 5.74) is 6.55. The molecule has 0 radical (unpaired) electrons. The van der Waals surface area contributed by atoms with Crippen molar-refractivity contribution in [2.45, 2.75) is 19.9 Å². The summed E-state index contributed by atoms with van der Waals surface area (Å²) in [7, 11) is 0. The minimum absolute atomic E-state index is 0.122. The molecule has 0 bridgehead atoms. The van der Waals surface area contributed by atoms with Gasteiger partial charge in [-0.15, -0.1) is 5.10 Å². The van der Waals surface area contributed by atoms with Crippen LogP contribution in [0.2, 0.25) is 0 Å². The van der Waals surface area contributed by atoms with Gasteiger partial charge in [0, 0.05) is 5.56 Å². The van der Waals surface area contributed by atoms with Crippen LogP contribution in [-0.2, 0) is 13.0 Å². The average molecular weight is 238 g/mol. The summed E-state index contributed by atoms with van der Waals surface area (Å²) in [5, 5.41) is 7.52. The van der Waals surface area contributed by atoms with E-state index in [-0.39, 0.29) is 12.1 Å². The van der Waals surface area contributed by atoms with Crippen LogP contribution in [0.5, 0.6) is 0 Å². The number of benzene rings is 1. The van der Waals surface area contributed by atoms with Crippen LogP contribution in [0.15, 0.2) is 18.2 Å². The highest BCUT2D eigenvalue weighted by Crippen LogP contribution is 2.15. The molecule has 0 unspecified atom stereocenters. The summed E-state index contributed by atoms with van der Waals surface area (Å²) in [4.78, 5) is 0. The second-order valence-electron chi connectivity index (χ2n) is 3.65. The van der Waals surface area contributed by atoms with Crippen LogP contribution in [0.25, 0.3) is 0 Å². The van der Waals surface area contributed by atoms with E-state index >= 15 is 0 Å². The molecule has 0 amide bonds. The number of hydrogen-bond donors (Lipinski definition) is 1. The van der Waals surface area contributed by atoms with E-state index in [1.165, 1.54) is 16.8 Å². The van der Waals surface area contributed by atoms with Crippen molar-refractivity contribution in [3.05, 3.63) is 41.1 Å². The molecule has 4 nitrogen and oxygen atoms in total. The molecular weight excluding hydrogens is 226 g/mol. The van der Waals surface area contributed by atoms with E-state index in [2.05, 4.69) is 10.3 Å². The number of nitrogen functional groups attached to an aromatic ring is 1. The topological polar surface area (TPSA) is 56.7 Å².